The van der Waals surface area contributed by atoms with Gasteiger partial charge in [0, 0.05) is 0 Å². The lowest BCUT2D eigenvalue weighted by Crippen LogP contribution is -1.61. The fourth-order valence-electron chi connectivity index (χ4n) is 0.260. The van der Waals surface area contributed by atoms with Crippen LogP contribution in [0.3, 0.4) is 0 Å². The van der Waals surface area contributed by atoms with Crippen molar-refractivity contribution in [2.45, 2.75) is 13.8 Å². The molecule has 0 amide bonds. The van der Waals surface area contributed by atoms with Crippen LogP contribution in [0, 0.1) is 6.42 Å². The van der Waals surface area contributed by atoms with Crippen molar-refractivity contribution in [2.75, 3.05) is 0 Å². The Kier molecular flexibility index (Phi) is 3.21. The summed E-state index contributed by atoms with van der Waals surface area (Å²) in [6.07, 6.45) is 5.72. The number of hydrogen-bond donors (Lipinski definition) is 0. The van der Waals surface area contributed by atoms with Crippen LogP contribution in [0.15, 0.2) is 24.3 Å². The summed E-state index contributed by atoms with van der Waals surface area (Å²) < 4.78 is 0. The van der Waals surface area contributed by atoms with Crippen molar-refractivity contribution in [1.82, 2.24) is 0 Å². The molecule has 0 N–H and O–H groups in total. The minimum absolute atomic E-state index is 1.31. The van der Waals surface area contributed by atoms with Crippen LogP contribution < -0.4 is 0 Å². The van der Waals surface area contributed by atoms with Gasteiger partial charge in [0.15, 0.2) is 0 Å². The molecule has 0 rings (SSSR count). The standard InChI is InChI=1S/C7H11/c1-4-5-6-7(2)3/h4-6H,1H2,2-3H3/q-1. The van der Waals surface area contributed by atoms with Crippen LogP contribution in [0.2, 0.25) is 0 Å². The third-order valence-corrected chi connectivity index (χ3v) is 0.566. The molecule has 0 aromatic rings. The first kappa shape index (κ1) is 6.35. The summed E-state index contributed by atoms with van der Waals surface area (Å²) >= 11 is 0. The van der Waals surface area contributed by atoms with Crippen molar-refractivity contribution in [2.24, 2.45) is 0 Å². The van der Waals surface area contributed by atoms with Crippen LogP contribution in [-0.2, 0) is 0 Å². The van der Waals surface area contributed by atoms with Gasteiger partial charge in [-0.3, -0.25) is 0 Å². The maximum atomic E-state index is 3.53. The zero-order chi connectivity index (χ0) is 5.70. The Morgan fingerprint density at radius 3 is 2.29 bits per heavy atom. The van der Waals surface area contributed by atoms with Crippen molar-refractivity contribution in [3.8, 4) is 0 Å². The zero-order valence-electron chi connectivity index (χ0n) is 4.94. The van der Waals surface area contributed by atoms with Gasteiger partial charge in [0.2, 0.25) is 0 Å². The molecule has 0 aliphatic carbocycles. The van der Waals surface area contributed by atoms with Crippen molar-refractivity contribution >= 4 is 0 Å². The molecule has 0 saturated carbocycles. The van der Waals surface area contributed by atoms with Crippen LogP contribution >= 0.6 is 0 Å². The van der Waals surface area contributed by atoms with E-state index in [0.717, 1.165) is 0 Å². The summed E-state index contributed by atoms with van der Waals surface area (Å²) in [6.45, 7) is 7.64. The molecule has 0 aliphatic rings. The number of rotatable bonds is 2. The second-order valence-corrected chi connectivity index (χ2v) is 1.67. The van der Waals surface area contributed by atoms with E-state index >= 15 is 0 Å². The Morgan fingerprint density at radius 1 is 1.57 bits per heavy atom. The van der Waals surface area contributed by atoms with Crippen molar-refractivity contribution in [3.05, 3.63) is 30.7 Å². The second-order valence-electron chi connectivity index (χ2n) is 1.67. The molecule has 0 saturated heterocycles. The lowest BCUT2D eigenvalue weighted by atomic mass is 10.3. The van der Waals surface area contributed by atoms with Gasteiger partial charge in [0.25, 0.3) is 0 Å². The zero-order valence-corrected chi connectivity index (χ0v) is 4.94. The van der Waals surface area contributed by atoms with Gasteiger partial charge in [0.05, 0.1) is 0 Å². The summed E-state index contributed by atoms with van der Waals surface area (Å²) in [5.41, 5.74) is 1.31. The molecule has 0 spiro atoms. The minimum atomic E-state index is 1.31. The molecule has 0 nitrogen and oxygen atoms in total. The van der Waals surface area contributed by atoms with Gasteiger partial charge in [-0.05, 0) is 0 Å². The van der Waals surface area contributed by atoms with E-state index in [2.05, 4.69) is 20.4 Å². The van der Waals surface area contributed by atoms with E-state index in [1.165, 1.54) is 5.57 Å². The predicted molar refractivity (Wildman–Crippen MR) is 33.9 cm³/mol. The van der Waals surface area contributed by atoms with Crippen molar-refractivity contribution < 1.29 is 0 Å². The van der Waals surface area contributed by atoms with Gasteiger partial charge in [-0.1, -0.05) is 13.8 Å². The Hall–Kier alpha value is -0.650. The molecule has 40 valence electrons. The topological polar surface area (TPSA) is 0 Å². The highest BCUT2D eigenvalue weighted by molar-refractivity contribution is 5.09. The fourth-order valence-corrected chi connectivity index (χ4v) is 0.260. The Balaban J connectivity index is 3.25. The Morgan fingerprint density at radius 2 is 2.14 bits per heavy atom. The molecule has 0 aromatic carbocycles. The van der Waals surface area contributed by atoms with E-state index in [1.807, 2.05) is 12.5 Å². The van der Waals surface area contributed by atoms with Crippen LogP contribution in [-0.4, -0.2) is 0 Å². The van der Waals surface area contributed by atoms with E-state index in [4.69, 9.17) is 0 Å². The average Bonchev–Trinajstić information content (AvgIpc) is 1.61. The summed E-state index contributed by atoms with van der Waals surface area (Å²) in [5, 5.41) is 0. The summed E-state index contributed by atoms with van der Waals surface area (Å²) in [4.78, 5) is 0. The van der Waals surface area contributed by atoms with Crippen molar-refractivity contribution in [3.63, 3.8) is 0 Å². The van der Waals surface area contributed by atoms with E-state index in [0.29, 0.717) is 0 Å². The fraction of sp³-hybridized carbons (Fsp3) is 0.286. The molecule has 0 heterocycles. The summed E-state index contributed by atoms with van der Waals surface area (Å²) in [7, 11) is 0. The third-order valence-electron chi connectivity index (χ3n) is 0.566. The Labute approximate surface area is 45.5 Å². The highest BCUT2D eigenvalue weighted by Crippen LogP contribution is 1.90. The second kappa shape index (κ2) is 3.54. The van der Waals surface area contributed by atoms with Crippen LogP contribution in [0.4, 0.5) is 0 Å². The first-order valence-corrected chi connectivity index (χ1v) is 2.36. The molecule has 0 heteroatoms. The summed E-state index contributed by atoms with van der Waals surface area (Å²) in [6, 6.07) is 0. The van der Waals surface area contributed by atoms with E-state index in [9.17, 15) is 0 Å². The molecule has 0 aliphatic heterocycles. The van der Waals surface area contributed by atoms with Gasteiger partial charge in [-0.25, -0.2) is 0 Å². The Bertz CT molecular complexity index is 74.0. The van der Waals surface area contributed by atoms with Gasteiger partial charge in [-0.15, -0.1) is 0 Å². The first-order chi connectivity index (χ1) is 3.27. The molecular formula is C7H11-. The molecule has 7 heavy (non-hydrogen) atoms. The van der Waals surface area contributed by atoms with Crippen LogP contribution in [0.25, 0.3) is 0 Å². The maximum absolute atomic E-state index is 3.53. The maximum Gasteiger partial charge on any atom is -0.0888 e. The number of allylic oxidation sites excluding steroid dienone is 3. The third kappa shape index (κ3) is 5.35. The molecular weight excluding hydrogens is 84.1 g/mol. The number of hydrogen-bond acceptors (Lipinski definition) is 0. The molecule has 0 aromatic heterocycles. The largest absolute Gasteiger partial charge is 0.194 e. The summed E-state index contributed by atoms with van der Waals surface area (Å²) in [5.74, 6) is 0. The quantitative estimate of drug-likeness (QED) is 0.462. The minimum Gasteiger partial charge on any atom is -0.194 e. The normalized spacial score (nSPS) is 7.14. The van der Waals surface area contributed by atoms with Crippen LogP contribution in [0.5, 0.6) is 0 Å². The van der Waals surface area contributed by atoms with Gasteiger partial charge in [0.1, 0.15) is 0 Å². The highest BCUT2D eigenvalue weighted by atomic mass is 13.8. The molecule has 0 fully saturated rings. The van der Waals surface area contributed by atoms with E-state index in [1.54, 1.807) is 6.08 Å². The molecule has 0 atom stereocenters. The van der Waals surface area contributed by atoms with Gasteiger partial charge < -0.3 is 0 Å². The first-order valence-electron chi connectivity index (χ1n) is 2.36. The smallest absolute Gasteiger partial charge is 0.0888 e. The van der Waals surface area contributed by atoms with Gasteiger partial charge >= 0.3 is 0 Å². The van der Waals surface area contributed by atoms with Crippen LogP contribution in [0.1, 0.15) is 13.8 Å². The predicted octanol–water partition coefficient (Wildman–Crippen LogP) is 2.34. The SMILES string of the molecule is C=C[CH-]C=C(C)C. The average molecular weight is 95.2 g/mol. The van der Waals surface area contributed by atoms with E-state index < -0.39 is 0 Å². The lowest BCUT2D eigenvalue weighted by molar-refractivity contribution is 1.38. The molecule has 0 radical (unpaired) electrons. The van der Waals surface area contributed by atoms with E-state index in [-0.39, 0.29) is 0 Å². The molecule has 0 bridgehead atoms. The molecule has 0 unspecified atom stereocenters. The van der Waals surface area contributed by atoms with Gasteiger partial charge in [-0.2, -0.15) is 30.7 Å². The monoisotopic (exact) mass is 95.1 g/mol. The highest BCUT2D eigenvalue weighted by Gasteiger charge is 1.60. The van der Waals surface area contributed by atoms with Crippen molar-refractivity contribution in [1.29, 1.82) is 0 Å². The lowest BCUT2D eigenvalue weighted by Gasteiger charge is -1.91.